The Morgan fingerprint density at radius 3 is 0.899 bits per heavy atom. The molecule has 0 aliphatic heterocycles. The monoisotopic (exact) mass is 1160 g/mol. The molecule has 1 aromatic heterocycles. The molecule has 0 fully saturated rings. The van der Waals surface area contributed by atoms with E-state index >= 15 is 0 Å². The number of benzene rings is 5. The Hall–Kier alpha value is -7.23. The third-order valence-corrected chi connectivity index (χ3v) is 11.7. The number of alkyl halides is 24. The molecule has 29 heteroatoms. The highest BCUT2D eigenvalue weighted by molar-refractivity contribution is 7.20. The van der Waals surface area contributed by atoms with E-state index in [1.807, 2.05) is 25.1 Å². The Kier molecular flexibility index (Phi) is 17.8. The van der Waals surface area contributed by atoms with Gasteiger partial charge in [-0.05, 0) is 30.7 Å². The normalized spacial score (nSPS) is 13.2. The van der Waals surface area contributed by atoms with Gasteiger partial charge in [0.15, 0.2) is 12.4 Å². The number of unbranched alkanes of at least 4 members (excludes halogenated alkanes) is 1. The second kappa shape index (κ2) is 22.5. The summed E-state index contributed by atoms with van der Waals surface area (Å²) in [6.45, 7) is 2.73. The van der Waals surface area contributed by atoms with Gasteiger partial charge < -0.3 is 4.74 Å². The van der Waals surface area contributed by atoms with E-state index in [0.717, 1.165) is 12.8 Å². The zero-order valence-electron chi connectivity index (χ0n) is 39.3. The van der Waals surface area contributed by atoms with Crippen LogP contribution in [0.4, 0.5) is 105 Å². The predicted octanol–water partition coefficient (Wildman–Crippen LogP) is 14.0. The number of hydrogen-bond acceptors (Lipinski definition) is 3. The fourth-order valence-electron chi connectivity index (χ4n) is 8.04. The molecule has 0 aliphatic carbocycles. The van der Waals surface area contributed by atoms with Crippen LogP contribution in [0.3, 0.4) is 0 Å². The topological polar surface area (TPSA) is 47.2 Å². The fourth-order valence-corrected chi connectivity index (χ4v) is 8.04. The molecule has 0 saturated carbocycles. The van der Waals surface area contributed by atoms with E-state index in [1.54, 1.807) is 41.2 Å². The van der Waals surface area contributed by atoms with E-state index in [2.05, 4.69) is 0 Å². The molecular formula is C50H32BF24NO3. The molecule has 0 unspecified atom stereocenters. The molecule has 0 spiro atoms. The largest absolute Gasteiger partial charge is 0.462 e. The Balaban J connectivity index is 0.000000433. The van der Waals surface area contributed by atoms with Gasteiger partial charge in [0, 0.05) is 17.7 Å². The number of hydrogen-bond donors (Lipinski definition) is 0. The Bertz CT molecular complexity index is 2690. The van der Waals surface area contributed by atoms with Gasteiger partial charge in [-0.1, -0.05) is 92.2 Å². The number of ether oxygens (including phenoxy) is 1. The van der Waals surface area contributed by atoms with E-state index in [0.29, 0.717) is 17.7 Å². The van der Waals surface area contributed by atoms with Gasteiger partial charge in [-0.2, -0.15) is 132 Å². The number of esters is 1. The predicted molar refractivity (Wildman–Crippen MR) is 233 cm³/mol. The molecule has 5 aromatic carbocycles. The van der Waals surface area contributed by atoms with Gasteiger partial charge in [0.1, 0.15) is 6.15 Å². The summed E-state index contributed by atoms with van der Waals surface area (Å²) in [6.07, 6.45) is -49.5. The number of carbonyl (C=O) groups excluding carboxylic acids is 2. The average Bonchev–Trinajstić information content (AvgIpc) is 3.46. The van der Waals surface area contributed by atoms with Gasteiger partial charge in [-0.25, -0.2) is 4.79 Å². The first-order chi connectivity index (χ1) is 36.0. The van der Waals surface area contributed by atoms with Crippen molar-refractivity contribution < 1.29 is 124 Å². The number of carbonyl (C=O) groups is 2. The first kappa shape index (κ1) is 62.6. The van der Waals surface area contributed by atoms with Gasteiger partial charge in [-0.3, -0.25) is 4.79 Å². The molecular weight excluding hydrogens is 1130 g/mol. The molecule has 0 N–H and O–H groups in total. The SMILES string of the molecule is CCCCOC(=O)c1cc[n+](CC(=O)c2ccccc2)cc1.FC(F)(F)c1cc([B-](c2cc(C(F)(F)F)cc(C(F)(F)F)c2)(c2cc(C(F)(F)F)cc(C(F)(F)F)c2)c2cc(C(F)(F)F)cc(C(F)(F)F)c2)cc(C(F)(F)F)c1. The van der Waals surface area contributed by atoms with E-state index in [-0.39, 0.29) is 18.3 Å². The Labute approximate surface area is 429 Å². The first-order valence-electron chi connectivity index (χ1n) is 22.1. The van der Waals surface area contributed by atoms with Crippen LogP contribution in [-0.4, -0.2) is 24.5 Å². The van der Waals surface area contributed by atoms with Crippen LogP contribution in [0.1, 0.15) is 85.0 Å². The van der Waals surface area contributed by atoms with Crippen LogP contribution in [0.5, 0.6) is 0 Å². The van der Waals surface area contributed by atoms with Gasteiger partial charge >= 0.3 is 55.4 Å². The van der Waals surface area contributed by atoms with Crippen LogP contribution < -0.4 is 26.4 Å². The molecule has 4 nitrogen and oxygen atoms in total. The maximum absolute atomic E-state index is 14.2. The number of Topliss-reactive ketones (excluding diaryl/α,β-unsaturated/α-hetero) is 1. The summed E-state index contributed by atoms with van der Waals surface area (Å²) in [7, 11) is 0. The second-order valence-electron chi connectivity index (χ2n) is 17.3. The minimum Gasteiger partial charge on any atom is -0.462 e. The number of pyridine rings is 1. The third-order valence-electron chi connectivity index (χ3n) is 11.7. The summed E-state index contributed by atoms with van der Waals surface area (Å²) >= 11 is 0. The van der Waals surface area contributed by atoms with Crippen molar-refractivity contribution in [2.24, 2.45) is 0 Å². The fraction of sp³-hybridized carbons (Fsp3) is 0.260. The van der Waals surface area contributed by atoms with E-state index in [4.69, 9.17) is 4.74 Å². The minimum atomic E-state index is -6.13. The average molecular weight is 1160 g/mol. The molecule has 1 heterocycles. The van der Waals surface area contributed by atoms with Crippen molar-refractivity contribution in [3.05, 3.63) is 183 Å². The molecule has 0 bridgehead atoms. The third kappa shape index (κ3) is 15.3. The van der Waals surface area contributed by atoms with E-state index < -0.39 is 195 Å². The molecule has 0 amide bonds. The molecule has 79 heavy (non-hydrogen) atoms. The number of halogens is 24. The number of aromatic nitrogens is 1. The highest BCUT2D eigenvalue weighted by atomic mass is 19.4. The van der Waals surface area contributed by atoms with Crippen LogP contribution in [-0.2, 0) is 60.7 Å². The quantitative estimate of drug-likeness (QED) is 0.0324. The zero-order chi connectivity index (χ0) is 59.7. The highest BCUT2D eigenvalue weighted by Crippen LogP contribution is 2.41. The van der Waals surface area contributed by atoms with Gasteiger partial charge in [0.05, 0.1) is 56.7 Å². The number of ketones is 1. The molecule has 0 saturated heterocycles. The first-order valence-corrected chi connectivity index (χ1v) is 22.1. The number of rotatable bonds is 11. The summed E-state index contributed by atoms with van der Waals surface area (Å²) in [5, 5.41) is 0. The van der Waals surface area contributed by atoms with Crippen LogP contribution in [0.25, 0.3) is 0 Å². The van der Waals surface area contributed by atoms with Crippen molar-refractivity contribution in [1.29, 1.82) is 0 Å². The molecule has 6 rings (SSSR count). The van der Waals surface area contributed by atoms with Crippen LogP contribution in [0.2, 0.25) is 0 Å². The summed E-state index contributed by atoms with van der Waals surface area (Å²) < 4.78 is 348. The molecule has 0 atom stereocenters. The van der Waals surface area contributed by atoms with Crippen LogP contribution in [0.15, 0.2) is 128 Å². The van der Waals surface area contributed by atoms with Crippen molar-refractivity contribution >= 4 is 39.7 Å². The smallest absolute Gasteiger partial charge is 0.416 e. The number of nitrogens with zero attached hydrogens (tertiary/aromatic N) is 1. The minimum absolute atomic E-state index is 0.0314. The lowest BCUT2D eigenvalue weighted by Gasteiger charge is -2.46. The Morgan fingerprint density at radius 2 is 0.658 bits per heavy atom. The molecule has 0 radical (unpaired) electrons. The maximum atomic E-state index is 14.2. The second-order valence-corrected chi connectivity index (χ2v) is 17.3. The highest BCUT2D eigenvalue weighted by Gasteiger charge is 2.47. The zero-order valence-corrected chi connectivity index (χ0v) is 39.3. The van der Waals surface area contributed by atoms with E-state index in [9.17, 15) is 115 Å². The van der Waals surface area contributed by atoms with Gasteiger partial charge in [0.25, 0.3) is 0 Å². The lowest BCUT2D eigenvalue weighted by atomic mass is 9.12. The lowest BCUT2D eigenvalue weighted by Crippen LogP contribution is -2.75. The van der Waals surface area contributed by atoms with E-state index in [1.165, 1.54) is 0 Å². The maximum Gasteiger partial charge on any atom is 0.416 e. The summed E-state index contributed by atoms with van der Waals surface area (Å²) in [4.78, 5) is 23.9. The molecule has 6 aromatic rings. The standard InChI is InChI=1S/C32H12BF24.C18H20NO3/c34-25(35,36)13-1-14(26(37,38)39)6-21(5-13)33(22-7-15(27(40,41)42)2-16(8-22)28(43,44)45,23-9-17(29(46,47)48)3-18(10-23)30(49,50)51)24-11-19(31(52,53)54)4-20(12-24)32(55,56)57;1-2-3-13-22-18(21)16-9-11-19(12-10-16)14-17(20)15-7-5-4-6-8-15/h1-12H;4-12H,2-3,13-14H2,1H3/q-1;+1. The van der Waals surface area contributed by atoms with Crippen molar-refractivity contribution in [2.75, 3.05) is 6.61 Å². The Morgan fingerprint density at radius 1 is 0.392 bits per heavy atom. The lowest BCUT2D eigenvalue weighted by molar-refractivity contribution is -0.683. The molecule has 0 aliphatic rings. The summed E-state index contributed by atoms with van der Waals surface area (Å²) in [5.74, 6) is -0.293. The van der Waals surface area contributed by atoms with Crippen molar-refractivity contribution in [1.82, 2.24) is 0 Å². The van der Waals surface area contributed by atoms with Crippen molar-refractivity contribution in [3.63, 3.8) is 0 Å². The van der Waals surface area contributed by atoms with Crippen LogP contribution >= 0.6 is 0 Å². The van der Waals surface area contributed by atoms with Crippen LogP contribution in [0, 0.1) is 0 Å². The summed E-state index contributed by atoms with van der Waals surface area (Å²) in [5.41, 5.74) is -29.0. The summed E-state index contributed by atoms with van der Waals surface area (Å²) in [6, 6.07) is 3.68. The van der Waals surface area contributed by atoms with Crippen molar-refractivity contribution in [3.8, 4) is 0 Å². The molecule has 426 valence electrons. The van der Waals surface area contributed by atoms with Gasteiger partial charge in [-0.15, -0.1) is 0 Å². The van der Waals surface area contributed by atoms with Gasteiger partial charge in [0.2, 0.25) is 12.3 Å². The van der Waals surface area contributed by atoms with Crippen molar-refractivity contribution in [2.45, 2.75) is 75.7 Å².